The standard InChI is InChI=1S/C13H15N5S/c1-2-18-13-6-4-3-5-9(13)11(16-18)7-10(14)12-8-15-19-17-12/h3-6,8,10H,2,7,14H2,1H3. The SMILES string of the molecule is CCn1nc(CC(N)c2cnsn2)c2ccccc21. The molecule has 0 saturated carbocycles. The smallest absolute Gasteiger partial charge is 0.0914 e. The van der Waals surface area contributed by atoms with Crippen LogP contribution in [0.4, 0.5) is 0 Å². The van der Waals surface area contributed by atoms with Gasteiger partial charge in [0.15, 0.2) is 0 Å². The van der Waals surface area contributed by atoms with E-state index in [1.165, 1.54) is 17.1 Å². The number of para-hydroxylation sites is 1. The first-order chi connectivity index (χ1) is 9.29. The zero-order valence-electron chi connectivity index (χ0n) is 10.7. The molecule has 2 heterocycles. The molecular formula is C13H15N5S. The monoisotopic (exact) mass is 273 g/mol. The van der Waals surface area contributed by atoms with Crippen molar-refractivity contribution in [2.24, 2.45) is 5.73 Å². The molecule has 2 aromatic heterocycles. The molecule has 3 aromatic rings. The molecule has 5 nitrogen and oxygen atoms in total. The first-order valence-corrected chi connectivity index (χ1v) is 7.00. The molecule has 0 amide bonds. The molecular weight excluding hydrogens is 258 g/mol. The maximum atomic E-state index is 6.17. The van der Waals surface area contributed by atoms with Crippen molar-refractivity contribution in [2.75, 3.05) is 0 Å². The highest BCUT2D eigenvalue weighted by Crippen LogP contribution is 2.22. The lowest BCUT2D eigenvalue weighted by Gasteiger charge is -2.05. The van der Waals surface area contributed by atoms with Gasteiger partial charge in [0, 0.05) is 18.4 Å². The van der Waals surface area contributed by atoms with Crippen LogP contribution in [0.5, 0.6) is 0 Å². The number of nitrogens with zero attached hydrogens (tertiary/aromatic N) is 4. The Hall–Kier alpha value is -1.79. The van der Waals surface area contributed by atoms with Crippen LogP contribution in [0.1, 0.15) is 24.4 Å². The predicted molar refractivity (Wildman–Crippen MR) is 75.9 cm³/mol. The molecule has 1 aromatic carbocycles. The van der Waals surface area contributed by atoms with Gasteiger partial charge in [0.05, 0.1) is 40.9 Å². The van der Waals surface area contributed by atoms with Crippen LogP contribution in [-0.4, -0.2) is 18.5 Å². The van der Waals surface area contributed by atoms with Crippen LogP contribution in [0.2, 0.25) is 0 Å². The minimum Gasteiger partial charge on any atom is -0.322 e. The maximum absolute atomic E-state index is 6.17. The molecule has 0 aliphatic rings. The number of fused-ring (bicyclic) bond motifs is 1. The van der Waals surface area contributed by atoms with Gasteiger partial charge in [-0.1, -0.05) is 18.2 Å². The van der Waals surface area contributed by atoms with Crippen molar-refractivity contribution in [1.29, 1.82) is 0 Å². The molecule has 3 rings (SSSR count). The van der Waals surface area contributed by atoms with E-state index in [0.29, 0.717) is 6.42 Å². The maximum Gasteiger partial charge on any atom is 0.0914 e. The minimum atomic E-state index is -0.151. The zero-order valence-corrected chi connectivity index (χ0v) is 11.5. The molecule has 1 atom stereocenters. The first-order valence-electron chi connectivity index (χ1n) is 6.27. The molecule has 0 saturated heterocycles. The summed E-state index contributed by atoms with van der Waals surface area (Å²) in [5.41, 5.74) is 9.18. The van der Waals surface area contributed by atoms with Crippen molar-refractivity contribution < 1.29 is 0 Å². The van der Waals surface area contributed by atoms with Crippen LogP contribution in [0.25, 0.3) is 10.9 Å². The third-order valence-electron chi connectivity index (χ3n) is 3.21. The van der Waals surface area contributed by atoms with Gasteiger partial charge >= 0.3 is 0 Å². The minimum absolute atomic E-state index is 0.151. The van der Waals surface area contributed by atoms with Crippen LogP contribution in [0, 0.1) is 0 Å². The fourth-order valence-corrected chi connectivity index (χ4v) is 2.72. The number of hydrogen-bond donors (Lipinski definition) is 1. The Labute approximate surface area is 115 Å². The van der Waals surface area contributed by atoms with Gasteiger partial charge in [0.1, 0.15) is 0 Å². The van der Waals surface area contributed by atoms with Gasteiger partial charge in [-0.25, -0.2) is 0 Å². The second-order valence-corrected chi connectivity index (χ2v) is 4.98. The number of nitrogens with two attached hydrogens (primary N) is 1. The van der Waals surface area contributed by atoms with Gasteiger partial charge in [0.25, 0.3) is 0 Å². The van der Waals surface area contributed by atoms with Crippen molar-refractivity contribution in [3.8, 4) is 0 Å². The van der Waals surface area contributed by atoms with E-state index in [2.05, 4.69) is 32.9 Å². The van der Waals surface area contributed by atoms with Gasteiger partial charge < -0.3 is 5.73 Å². The van der Waals surface area contributed by atoms with Crippen LogP contribution in [0.3, 0.4) is 0 Å². The summed E-state index contributed by atoms with van der Waals surface area (Å²) in [6, 6.07) is 8.09. The molecule has 0 bridgehead atoms. The normalized spacial score (nSPS) is 12.9. The van der Waals surface area contributed by atoms with E-state index >= 15 is 0 Å². The Morgan fingerprint density at radius 3 is 2.95 bits per heavy atom. The number of aryl methyl sites for hydroxylation is 1. The quantitative estimate of drug-likeness (QED) is 0.790. The second kappa shape index (κ2) is 5.07. The van der Waals surface area contributed by atoms with E-state index < -0.39 is 0 Å². The highest BCUT2D eigenvalue weighted by Gasteiger charge is 2.15. The van der Waals surface area contributed by atoms with Gasteiger partial charge in [-0.3, -0.25) is 4.68 Å². The van der Waals surface area contributed by atoms with Crippen LogP contribution < -0.4 is 5.73 Å². The number of benzene rings is 1. The van der Waals surface area contributed by atoms with E-state index in [9.17, 15) is 0 Å². The van der Waals surface area contributed by atoms with Crippen molar-refractivity contribution in [2.45, 2.75) is 25.9 Å². The van der Waals surface area contributed by atoms with Gasteiger partial charge in [-0.2, -0.15) is 13.8 Å². The average molecular weight is 273 g/mol. The highest BCUT2D eigenvalue weighted by atomic mass is 32.1. The van der Waals surface area contributed by atoms with Gasteiger partial charge in [-0.05, 0) is 13.0 Å². The second-order valence-electron chi connectivity index (χ2n) is 4.42. The first kappa shape index (κ1) is 12.3. The van der Waals surface area contributed by atoms with E-state index in [4.69, 9.17) is 5.73 Å². The molecule has 0 aliphatic carbocycles. The Bertz CT molecular complexity index is 673. The molecule has 19 heavy (non-hydrogen) atoms. The molecule has 1 unspecified atom stereocenters. The van der Waals surface area contributed by atoms with Crippen LogP contribution in [0.15, 0.2) is 30.5 Å². The third kappa shape index (κ3) is 2.24. The highest BCUT2D eigenvalue weighted by molar-refractivity contribution is 6.99. The zero-order chi connectivity index (χ0) is 13.2. The Kier molecular flexibility index (Phi) is 3.27. The molecule has 0 aliphatic heterocycles. The van der Waals surface area contributed by atoms with E-state index in [0.717, 1.165) is 23.4 Å². The van der Waals surface area contributed by atoms with E-state index in [-0.39, 0.29) is 6.04 Å². The van der Waals surface area contributed by atoms with Gasteiger partial charge in [0.2, 0.25) is 0 Å². The Morgan fingerprint density at radius 2 is 2.21 bits per heavy atom. The molecule has 6 heteroatoms. The fourth-order valence-electron chi connectivity index (χ4n) is 2.24. The summed E-state index contributed by atoms with van der Waals surface area (Å²) in [5, 5.41) is 5.82. The van der Waals surface area contributed by atoms with Gasteiger partial charge in [-0.15, -0.1) is 0 Å². The van der Waals surface area contributed by atoms with E-state index in [1.807, 2.05) is 16.8 Å². The number of aromatic nitrogens is 4. The summed E-state index contributed by atoms with van der Waals surface area (Å²) in [6.07, 6.45) is 2.41. The lowest BCUT2D eigenvalue weighted by atomic mass is 10.1. The van der Waals surface area contributed by atoms with Crippen molar-refractivity contribution in [3.63, 3.8) is 0 Å². The van der Waals surface area contributed by atoms with Crippen molar-refractivity contribution in [1.82, 2.24) is 18.5 Å². The summed E-state index contributed by atoms with van der Waals surface area (Å²) >= 11 is 1.19. The fraction of sp³-hybridized carbons (Fsp3) is 0.308. The number of rotatable bonds is 4. The van der Waals surface area contributed by atoms with Crippen molar-refractivity contribution in [3.05, 3.63) is 41.9 Å². The largest absolute Gasteiger partial charge is 0.322 e. The molecule has 2 N–H and O–H groups in total. The predicted octanol–water partition coefficient (Wildman–Crippen LogP) is 2.15. The topological polar surface area (TPSA) is 69.6 Å². The summed E-state index contributed by atoms with van der Waals surface area (Å²) in [5.74, 6) is 0. The average Bonchev–Trinajstić information content (AvgIpc) is 3.07. The summed E-state index contributed by atoms with van der Waals surface area (Å²) in [4.78, 5) is 0. The van der Waals surface area contributed by atoms with Crippen LogP contribution >= 0.6 is 11.7 Å². The number of hydrogen-bond acceptors (Lipinski definition) is 5. The molecule has 0 fully saturated rings. The third-order valence-corrected chi connectivity index (χ3v) is 3.70. The summed E-state index contributed by atoms with van der Waals surface area (Å²) < 4.78 is 10.2. The lowest BCUT2D eigenvalue weighted by Crippen LogP contribution is -2.14. The Morgan fingerprint density at radius 1 is 1.37 bits per heavy atom. The van der Waals surface area contributed by atoms with E-state index in [1.54, 1.807) is 6.20 Å². The van der Waals surface area contributed by atoms with Crippen LogP contribution in [-0.2, 0) is 13.0 Å². The Balaban J connectivity index is 1.97. The van der Waals surface area contributed by atoms with Crippen molar-refractivity contribution >= 4 is 22.6 Å². The molecule has 0 spiro atoms. The summed E-state index contributed by atoms with van der Waals surface area (Å²) in [7, 11) is 0. The molecule has 0 radical (unpaired) electrons. The summed E-state index contributed by atoms with van der Waals surface area (Å²) in [6.45, 7) is 2.95. The lowest BCUT2D eigenvalue weighted by molar-refractivity contribution is 0.637. The molecule has 98 valence electrons.